The molecule has 0 N–H and O–H groups in total. The highest BCUT2D eigenvalue weighted by Gasteiger charge is 2.00. The van der Waals surface area contributed by atoms with E-state index in [4.69, 9.17) is 0 Å². The lowest BCUT2D eigenvalue weighted by Gasteiger charge is -2.05. The van der Waals surface area contributed by atoms with E-state index in [1.54, 1.807) is 0 Å². The van der Waals surface area contributed by atoms with Crippen molar-refractivity contribution < 1.29 is 9.90 Å². The molecule has 2 nitrogen and oxygen atoms in total. The second-order valence-electron chi connectivity index (χ2n) is 2.59. The Hall–Kier alpha value is -0.480. The Bertz CT molecular complexity index is 325. The van der Waals surface area contributed by atoms with Crippen LogP contribution in [-0.2, 0) is 4.79 Å². The fraction of sp³-hybridized carbons (Fsp3) is 0.222. The zero-order valence-electron chi connectivity index (χ0n) is 7.04. The molecule has 70 valence electrons. The van der Waals surface area contributed by atoms with Crippen molar-refractivity contribution in [3.63, 3.8) is 0 Å². The summed E-state index contributed by atoms with van der Waals surface area (Å²) in [5, 5.41) is 10.2. The van der Waals surface area contributed by atoms with E-state index in [-0.39, 0.29) is 5.75 Å². The van der Waals surface area contributed by atoms with Crippen LogP contribution in [0.15, 0.2) is 27.6 Å². The second-order valence-corrected chi connectivity index (χ2v) is 4.47. The van der Waals surface area contributed by atoms with E-state index in [1.165, 1.54) is 11.8 Å². The summed E-state index contributed by atoms with van der Waals surface area (Å²) in [6, 6.07) is 5.82. The molecule has 0 bridgehead atoms. The molecule has 0 amide bonds. The summed E-state index contributed by atoms with van der Waals surface area (Å²) < 4.78 is 0.921. The molecule has 13 heavy (non-hydrogen) atoms. The van der Waals surface area contributed by atoms with E-state index in [0.717, 1.165) is 14.9 Å². The summed E-state index contributed by atoms with van der Waals surface area (Å²) in [6.45, 7) is 1.97. The average molecular weight is 260 g/mol. The molecule has 1 aromatic carbocycles. The first-order valence-electron chi connectivity index (χ1n) is 3.68. The van der Waals surface area contributed by atoms with Crippen molar-refractivity contribution in [3.05, 3.63) is 28.2 Å². The quantitative estimate of drug-likeness (QED) is 0.775. The lowest BCUT2D eigenvalue weighted by Crippen LogP contribution is -2.24. The molecule has 0 aliphatic heterocycles. The van der Waals surface area contributed by atoms with Crippen LogP contribution in [0, 0.1) is 6.92 Å². The molecular weight excluding hydrogens is 252 g/mol. The second kappa shape index (κ2) is 4.67. The molecule has 0 aromatic heterocycles. The number of carbonyl (C=O) groups excluding carboxylic acids is 1. The predicted molar refractivity (Wildman–Crippen MR) is 54.6 cm³/mol. The van der Waals surface area contributed by atoms with Crippen LogP contribution in [0.4, 0.5) is 0 Å². The van der Waals surface area contributed by atoms with Gasteiger partial charge in [0.15, 0.2) is 0 Å². The number of carboxylic acids is 1. The summed E-state index contributed by atoms with van der Waals surface area (Å²) >= 11 is 4.61. The van der Waals surface area contributed by atoms with E-state index in [1.807, 2.05) is 25.1 Å². The predicted octanol–water partition coefficient (Wildman–Crippen LogP) is 1.60. The first kappa shape index (κ1) is 10.6. The SMILES string of the molecule is Cc1ccc(Br)c(SCC(=O)[O-])c1. The number of aliphatic carboxylic acids is 1. The van der Waals surface area contributed by atoms with Crippen LogP contribution in [0.2, 0.25) is 0 Å². The largest absolute Gasteiger partial charge is 0.549 e. The Morgan fingerprint density at radius 3 is 2.92 bits per heavy atom. The minimum atomic E-state index is -1.04. The highest BCUT2D eigenvalue weighted by molar-refractivity contribution is 9.10. The normalized spacial score (nSPS) is 10.0. The van der Waals surface area contributed by atoms with Crippen LogP contribution in [0.3, 0.4) is 0 Å². The summed E-state index contributed by atoms with van der Waals surface area (Å²) in [5.74, 6) is -1.05. The van der Waals surface area contributed by atoms with Crippen molar-refractivity contribution in [3.8, 4) is 0 Å². The topological polar surface area (TPSA) is 40.1 Å². The Kier molecular flexibility index (Phi) is 3.81. The van der Waals surface area contributed by atoms with Gasteiger partial charge in [-0.25, -0.2) is 0 Å². The zero-order valence-corrected chi connectivity index (χ0v) is 9.44. The van der Waals surface area contributed by atoms with Gasteiger partial charge in [0.05, 0.1) is 5.97 Å². The molecule has 0 saturated heterocycles. The Morgan fingerprint density at radius 2 is 2.31 bits per heavy atom. The van der Waals surface area contributed by atoms with E-state index in [0.29, 0.717) is 0 Å². The van der Waals surface area contributed by atoms with Gasteiger partial charge in [-0.05, 0) is 40.5 Å². The van der Waals surface area contributed by atoms with E-state index < -0.39 is 5.97 Å². The number of thioether (sulfide) groups is 1. The van der Waals surface area contributed by atoms with Gasteiger partial charge in [0, 0.05) is 15.1 Å². The molecule has 0 saturated carbocycles. The third kappa shape index (κ3) is 3.40. The third-order valence-corrected chi connectivity index (χ3v) is 3.41. The smallest absolute Gasteiger partial charge is 0.0517 e. The van der Waals surface area contributed by atoms with E-state index in [9.17, 15) is 9.90 Å². The molecule has 0 radical (unpaired) electrons. The van der Waals surface area contributed by atoms with Gasteiger partial charge in [-0.3, -0.25) is 0 Å². The Labute approximate surface area is 89.5 Å². The Balaban J connectivity index is 2.75. The summed E-state index contributed by atoms with van der Waals surface area (Å²) in [4.78, 5) is 11.2. The van der Waals surface area contributed by atoms with Gasteiger partial charge < -0.3 is 9.90 Å². The number of carboxylic acid groups (broad SMARTS) is 1. The molecule has 0 unspecified atom stereocenters. The molecule has 1 aromatic rings. The number of aryl methyl sites for hydroxylation is 1. The van der Waals surface area contributed by atoms with Crippen molar-refractivity contribution in [1.29, 1.82) is 0 Å². The van der Waals surface area contributed by atoms with Crippen LogP contribution >= 0.6 is 27.7 Å². The Morgan fingerprint density at radius 1 is 1.62 bits per heavy atom. The van der Waals surface area contributed by atoms with Crippen molar-refractivity contribution in [2.45, 2.75) is 11.8 Å². The van der Waals surface area contributed by atoms with Crippen molar-refractivity contribution in [2.24, 2.45) is 0 Å². The zero-order chi connectivity index (χ0) is 9.84. The van der Waals surface area contributed by atoms with E-state index >= 15 is 0 Å². The van der Waals surface area contributed by atoms with Gasteiger partial charge in [0.25, 0.3) is 0 Å². The van der Waals surface area contributed by atoms with Crippen molar-refractivity contribution in [1.82, 2.24) is 0 Å². The lowest BCUT2D eigenvalue weighted by atomic mass is 10.2. The fourth-order valence-corrected chi connectivity index (χ4v) is 2.20. The van der Waals surface area contributed by atoms with Crippen LogP contribution in [0.5, 0.6) is 0 Å². The van der Waals surface area contributed by atoms with Gasteiger partial charge >= 0.3 is 0 Å². The van der Waals surface area contributed by atoms with Crippen LogP contribution in [0.25, 0.3) is 0 Å². The number of rotatable bonds is 3. The highest BCUT2D eigenvalue weighted by atomic mass is 79.9. The summed E-state index contributed by atoms with van der Waals surface area (Å²) in [7, 11) is 0. The molecule has 0 fully saturated rings. The van der Waals surface area contributed by atoms with Gasteiger partial charge in [-0.15, -0.1) is 11.8 Å². The first-order valence-corrected chi connectivity index (χ1v) is 5.46. The average Bonchev–Trinajstić information content (AvgIpc) is 2.06. The van der Waals surface area contributed by atoms with Crippen molar-refractivity contribution in [2.75, 3.05) is 5.75 Å². The van der Waals surface area contributed by atoms with Crippen LogP contribution in [-0.4, -0.2) is 11.7 Å². The number of benzene rings is 1. The third-order valence-electron chi connectivity index (χ3n) is 1.43. The van der Waals surface area contributed by atoms with E-state index in [2.05, 4.69) is 15.9 Å². The molecule has 4 heteroatoms. The number of hydrogen-bond donors (Lipinski definition) is 0. The number of halogens is 1. The maximum Gasteiger partial charge on any atom is 0.0517 e. The van der Waals surface area contributed by atoms with Crippen LogP contribution in [0.1, 0.15) is 5.56 Å². The van der Waals surface area contributed by atoms with Gasteiger partial charge in [0.2, 0.25) is 0 Å². The first-order chi connectivity index (χ1) is 6.09. The lowest BCUT2D eigenvalue weighted by molar-refractivity contribution is -0.301. The molecule has 0 aliphatic rings. The maximum atomic E-state index is 10.2. The monoisotopic (exact) mass is 259 g/mol. The summed E-state index contributed by atoms with van der Waals surface area (Å²) in [6.07, 6.45) is 0. The standard InChI is InChI=1S/C9H9BrO2S/c1-6-2-3-7(10)8(4-6)13-5-9(11)12/h2-4H,5H2,1H3,(H,11,12)/p-1. The van der Waals surface area contributed by atoms with Gasteiger partial charge in [-0.2, -0.15) is 0 Å². The molecule has 0 spiro atoms. The molecule has 0 aliphatic carbocycles. The van der Waals surface area contributed by atoms with Gasteiger partial charge in [0.1, 0.15) is 0 Å². The molecule has 0 atom stereocenters. The van der Waals surface area contributed by atoms with Crippen LogP contribution < -0.4 is 5.11 Å². The molecule has 0 heterocycles. The highest BCUT2D eigenvalue weighted by Crippen LogP contribution is 2.27. The molecule has 1 rings (SSSR count). The minimum absolute atomic E-state index is 0.0119. The number of hydrogen-bond acceptors (Lipinski definition) is 3. The maximum absolute atomic E-state index is 10.2. The summed E-state index contributed by atoms with van der Waals surface area (Å²) in [5.41, 5.74) is 1.11. The van der Waals surface area contributed by atoms with Gasteiger partial charge in [-0.1, -0.05) is 6.07 Å². The fourth-order valence-electron chi connectivity index (χ4n) is 0.858. The minimum Gasteiger partial charge on any atom is -0.549 e. The molecular formula is C9H8BrO2S-. The van der Waals surface area contributed by atoms with Crippen molar-refractivity contribution >= 4 is 33.7 Å². The number of carbonyl (C=O) groups is 1.